The first-order chi connectivity index (χ1) is 10.1. The second-order valence-electron chi connectivity index (χ2n) is 4.13. The van der Waals surface area contributed by atoms with Gasteiger partial charge in [-0.2, -0.15) is 0 Å². The van der Waals surface area contributed by atoms with E-state index in [1.54, 1.807) is 25.8 Å². The van der Waals surface area contributed by atoms with Crippen LogP contribution in [0, 0.1) is 0 Å². The maximum absolute atomic E-state index is 11.0. The van der Waals surface area contributed by atoms with Crippen LogP contribution in [0.4, 0.5) is 0 Å². The van der Waals surface area contributed by atoms with E-state index in [0.717, 1.165) is 20.2 Å². The summed E-state index contributed by atoms with van der Waals surface area (Å²) in [6.45, 7) is 1.76. The summed E-state index contributed by atoms with van der Waals surface area (Å²) in [4.78, 5) is 11.0. The summed E-state index contributed by atoms with van der Waals surface area (Å²) in [6, 6.07) is 7.92. The van der Waals surface area contributed by atoms with Gasteiger partial charge < -0.3 is 10.5 Å². The van der Waals surface area contributed by atoms with Gasteiger partial charge in [0, 0.05) is 5.75 Å². The summed E-state index contributed by atoms with van der Waals surface area (Å²) in [6.07, 6.45) is 0. The van der Waals surface area contributed by atoms with E-state index in [-0.39, 0.29) is 11.2 Å². The zero-order valence-electron chi connectivity index (χ0n) is 11.6. The number of carbonyl (C=O) groups is 1. The van der Waals surface area contributed by atoms with Gasteiger partial charge in [-0.3, -0.25) is 4.79 Å². The lowest BCUT2D eigenvalue weighted by atomic mass is 10.2. The van der Waals surface area contributed by atoms with Crippen molar-refractivity contribution in [2.75, 3.05) is 7.11 Å². The Morgan fingerprint density at radius 3 is 2.62 bits per heavy atom. The number of primary amides is 1. The predicted octanol–water partition coefficient (Wildman–Crippen LogP) is 2.80. The monoisotopic (exact) mass is 341 g/mol. The lowest BCUT2D eigenvalue weighted by Gasteiger charge is -2.02. The molecule has 112 valence electrons. The van der Waals surface area contributed by atoms with Gasteiger partial charge in [-0.05, 0) is 24.6 Å². The van der Waals surface area contributed by atoms with Crippen molar-refractivity contribution >= 4 is 40.8 Å². The van der Waals surface area contributed by atoms with E-state index in [0.29, 0.717) is 0 Å². The Hall–Kier alpha value is -1.25. The van der Waals surface area contributed by atoms with Gasteiger partial charge in [0.15, 0.2) is 8.68 Å². The Balaban J connectivity index is 1.88. The van der Waals surface area contributed by atoms with E-state index < -0.39 is 0 Å². The Bertz CT molecular complexity index is 601. The number of carbonyl (C=O) groups excluding carboxylic acids is 1. The Morgan fingerprint density at radius 2 is 2.00 bits per heavy atom. The van der Waals surface area contributed by atoms with Crippen molar-refractivity contribution in [3.05, 3.63) is 29.8 Å². The van der Waals surface area contributed by atoms with Gasteiger partial charge in [0.25, 0.3) is 0 Å². The molecule has 0 spiro atoms. The third-order valence-corrected chi connectivity index (χ3v) is 5.92. The molecule has 2 N–H and O–H groups in total. The van der Waals surface area contributed by atoms with Crippen LogP contribution >= 0.6 is 34.9 Å². The SMILES string of the molecule is COc1ccc(CSc2nnc(SC(C)C(N)=O)s2)cc1. The molecule has 1 atom stereocenters. The largest absolute Gasteiger partial charge is 0.497 e. The number of aromatic nitrogens is 2. The van der Waals surface area contributed by atoms with Gasteiger partial charge >= 0.3 is 0 Å². The molecule has 2 aromatic rings. The Kier molecular flexibility index (Phi) is 5.89. The first-order valence-electron chi connectivity index (χ1n) is 6.13. The van der Waals surface area contributed by atoms with Crippen molar-refractivity contribution in [1.29, 1.82) is 0 Å². The van der Waals surface area contributed by atoms with Crippen molar-refractivity contribution in [2.24, 2.45) is 5.73 Å². The molecule has 1 unspecified atom stereocenters. The van der Waals surface area contributed by atoms with Crippen LogP contribution in [0.15, 0.2) is 32.9 Å². The third kappa shape index (κ3) is 4.90. The summed E-state index contributed by atoms with van der Waals surface area (Å²) in [5.74, 6) is 1.32. The fourth-order valence-corrected chi connectivity index (χ4v) is 4.45. The normalized spacial score (nSPS) is 12.1. The van der Waals surface area contributed by atoms with Crippen LogP contribution in [-0.4, -0.2) is 28.5 Å². The number of benzene rings is 1. The number of hydrogen-bond donors (Lipinski definition) is 1. The molecule has 0 aliphatic heterocycles. The van der Waals surface area contributed by atoms with E-state index >= 15 is 0 Å². The summed E-state index contributed by atoms with van der Waals surface area (Å²) in [5, 5.41) is 7.88. The number of ether oxygens (including phenoxy) is 1. The highest BCUT2D eigenvalue weighted by molar-refractivity contribution is 8.03. The predicted molar refractivity (Wildman–Crippen MR) is 87.0 cm³/mol. The fraction of sp³-hybridized carbons (Fsp3) is 0.308. The number of amides is 1. The first-order valence-corrected chi connectivity index (χ1v) is 8.82. The smallest absolute Gasteiger partial charge is 0.230 e. The minimum Gasteiger partial charge on any atom is -0.497 e. The maximum atomic E-state index is 11.0. The quantitative estimate of drug-likeness (QED) is 0.780. The van der Waals surface area contributed by atoms with E-state index in [9.17, 15) is 4.79 Å². The Morgan fingerprint density at radius 1 is 1.33 bits per heavy atom. The number of nitrogens with zero attached hydrogens (tertiary/aromatic N) is 2. The van der Waals surface area contributed by atoms with Gasteiger partial charge in [0.05, 0.1) is 12.4 Å². The molecule has 0 bridgehead atoms. The number of rotatable bonds is 7. The molecule has 1 aromatic heterocycles. The van der Waals surface area contributed by atoms with E-state index in [2.05, 4.69) is 10.2 Å². The zero-order chi connectivity index (χ0) is 15.2. The molecule has 1 aromatic carbocycles. The lowest BCUT2D eigenvalue weighted by Crippen LogP contribution is -2.22. The van der Waals surface area contributed by atoms with E-state index in [1.807, 2.05) is 24.3 Å². The van der Waals surface area contributed by atoms with Gasteiger partial charge in [-0.25, -0.2) is 0 Å². The molecule has 1 amide bonds. The average molecular weight is 341 g/mol. The number of methoxy groups -OCH3 is 1. The highest BCUT2D eigenvalue weighted by Gasteiger charge is 2.14. The van der Waals surface area contributed by atoms with Gasteiger partial charge in [0.2, 0.25) is 5.91 Å². The molecule has 1 heterocycles. The van der Waals surface area contributed by atoms with Crippen molar-refractivity contribution in [3.63, 3.8) is 0 Å². The van der Waals surface area contributed by atoms with Crippen LogP contribution in [0.3, 0.4) is 0 Å². The fourth-order valence-electron chi connectivity index (χ4n) is 1.38. The second-order valence-corrected chi connectivity index (χ2v) is 7.92. The molecular formula is C13H15N3O2S3. The van der Waals surface area contributed by atoms with Crippen molar-refractivity contribution in [3.8, 4) is 5.75 Å². The molecule has 0 fully saturated rings. The van der Waals surface area contributed by atoms with Crippen LogP contribution in [0.25, 0.3) is 0 Å². The highest BCUT2D eigenvalue weighted by atomic mass is 32.2. The van der Waals surface area contributed by atoms with Crippen LogP contribution in [0.2, 0.25) is 0 Å². The number of hydrogen-bond acceptors (Lipinski definition) is 7. The molecule has 0 aliphatic carbocycles. The molecular weight excluding hydrogens is 326 g/mol. The zero-order valence-corrected chi connectivity index (χ0v) is 14.1. The summed E-state index contributed by atoms with van der Waals surface area (Å²) >= 11 is 4.43. The van der Waals surface area contributed by atoms with Crippen molar-refractivity contribution in [2.45, 2.75) is 26.6 Å². The minimum absolute atomic E-state index is 0.294. The average Bonchev–Trinajstić information content (AvgIpc) is 2.93. The van der Waals surface area contributed by atoms with Gasteiger partial charge in [-0.1, -0.05) is 47.0 Å². The summed E-state index contributed by atoms with van der Waals surface area (Å²) in [5.41, 5.74) is 6.42. The molecule has 0 saturated carbocycles. The first kappa shape index (κ1) is 16.1. The molecule has 2 rings (SSSR count). The van der Waals surface area contributed by atoms with Crippen molar-refractivity contribution < 1.29 is 9.53 Å². The lowest BCUT2D eigenvalue weighted by molar-refractivity contribution is -0.117. The minimum atomic E-state index is -0.345. The van der Waals surface area contributed by atoms with Crippen LogP contribution in [0.5, 0.6) is 5.75 Å². The topological polar surface area (TPSA) is 78.1 Å². The molecule has 0 aliphatic rings. The molecule has 0 radical (unpaired) electrons. The molecule has 5 nitrogen and oxygen atoms in total. The van der Waals surface area contributed by atoms with Crippen LogP contribution < -0.4 is 10.5 Å². The summed E-state index contributed by atoms with van der Waals surface area (Å²) in [7, 11) is 1.65. The second kappa shape index (κ2) is 7.67. The van der Waals surface area contributed by atoms with Crippen molar-refractivity contribution in [1.82, 2.24) is 10.2 Å². The van der Waals surface area contributed by atoms with Crippen LogP contribution in [-0.2, 0) is 10.5 Å². The van der Waals surface area contributed by atoms with E-state index in [1.165, 1.54) is 28.7 Å². The third-order valence-electron chi connectivity index (χ3n) is 2.59. The summed E-state index contributed by atoms with van der Waals surface area (Å²) < 4.78 is 6.77. The number of nitrogens with two attached hydrogens (primary N) is 1. The van der Waals surface area contributed by atoms with Crippen LogP contribution in [0.1, 0.15) is 12.5 Å². The molecule has 21 heavy (non-hydrogen) atoms. The number of thioether (sulfide) groups is 2. The van der Waals surface area contributed by atoms with E-state index in [4.69, 9.17) is 10.5 Å². The highest BCUT2D eigenvalue weighted by Crippen LogP contribution is 2.32. The molecule has 8 heteroatoms. The standard InChI is InChI=1S/C13H15N3O2S3/c1-8(11(14)17)20-13-16-15-12(21-13)19-7-9-3-5-10(18-2)6-4-9/h3-6,8H,7H2,1-2H3,(H2,14,17). The molecule has 0 saturated heterocycles. The maximum Gasteiger partial charge on any atom is 0.230 e. The van der Waals surface area contributed by atoms with Gasteiger partial charge in [-0.15, -0.1) is 10.2 Å². The Labute approximate surface area is 135 Å². The van der Waals surface area contributed by atoms with Gasteiger partial charge in [0.1, 0.15) is 5.75 Å².